The molecule has 0 bridgehead atoms. The molecule has 0 fully saturated rings. The predicted octanol–water partition coefficient (Wildman–Crippen LogP) is 4.51. The lowest BCUT2D eigenvalue weighted by atomic mass is 10.1. The maximum atomic E-state index is 12.8. The molecule has 21 heavy (non-hydrogen) atoms. The zero-order valence-electron chi connectivity index (χ0n) is 10.6. The molecule has 3 nitrogen and oxygen atoms in total. The van der Waals surface area contributed by atoms with Gasteiger partial charge in [0.1, 0.15) is 0 Å². The Labute approximate surface area is 118 Å². The van der Waals surface area contributed by atoms with Crippen molar-refractivity contribution in [1.29, 1.82) is 0 Å². The highest BCUT2D eigenvalue weighted by Gasteiger charge is 2.34. The van der Waals surface area contributed by atoms with Gasteiger partial charge >= 0.3 is 6.18 Å². The van der Waals surface area contributed by atoms with Gasteiger partial charge in [0.25, 0.3) is 5.91 Å². The van der Waals surface area contributed by atoms with Crippen LogP contribution in [0.15, 0.2) is 48.5 Å². The number of halogens is 3. The van der Waals surface area contributed by atoms with E-state index in [9.17, 15) is 18.0 Å². The third-order valence-electron chi connectivity index (χ3n) is 2.73. The van der Waals surface area contributed by atoms with Gasteiger partial charge in [0.15, 0.2) is 5.69 Å². The van der Waals surface area contributed by atoms with Gasteiger partial charge in [-0.25, -0.2) is 4.85 Å². The van der Waals surface area contributed by atoms with Gasteiger partial charge in [-0.1, -0.05) is 24.3 Å². The molecule has 0 spiro atoms. The fourth-order valence-corrected chi connectivity index (χ4v) is 1.75. The number of amides is 1. The van der Waals surface area contributed by atoms with Gasteiger partial charge in [0.05, 0.1) is 17.7 Å². The van der Waals surface area contributed by atoms with Crippen molar-refractivity contribution in [2.45, 2.75) is 6.18 Å². The van der Waals surface area contributed by atoms with Gasteiger partial charge in [0, 0.05) is 5.69 Å². The fraction of sp³-hybridized carbons (Fsp3) is 0.0667. The molecule has 0 aliphatic rings. The number of nitrogens with one attached hydrogen (secondary N) is 1. The van der Waals surface area contributed by atoms with Gasteiger partial charge < -0.3 is 5.32 Å². The monoisotopic (exact) mass is 290 g/mol. The van der Waals surface area contributed by atoms with E-state index in [1.54, 1.807) is 0 Å². The largest absolute Gasteiger partial charge is 0.417 e. The molecule has 0 radical (unpaired) electrons. The quantitative estimate of drug-likeness (QED) is 0.811. The molecule has 2 rings (SSSR count). The number of alkyl halides is 3. The van der Waals surface area contributed by atoms with E-state index in [-0.39, 0.29) is 0 Å². The van der Waals surface area contributed by atoms with Crippen molar-refractivity contribution in [3.63, 3.8) is 0 Å². The fourth-order valence-electron chi connectivity index (χ4n) is 1.75. The first-order valence-electron chi connectivity index (χ1n) is 5.87. The summed E-state index contributed by atoms with van der Waals surface area (Å²) in [5.74, 6) is -0.849. The first-order chi connectivity index (χ1) is 9.91. The minimum Gasteiger partial charge on any atom is -0.322 e. The van der Waals surface area contributed by atoms with Crippen LogP contribution in [0, 0.1) is 6.57 Å². The van der Waals surface area contributed by atoms with Gasteiger partial charge in [-0.05, 0) is 24.3 Å². The van der Waals surface area contributed by atoms with E-state index in [0.717, 1.165) is 12.1 Å². The van der Waals surface area contributed by atoms with Crippen LogP contribution in [0.25, 0.3) is 4.85 Å². The van der Waals surface area contributed by atoms with Crippen LogP contribution in [-0.4, -0.2) is 5.91 Å². The minimum absolute atomic E-state index is 0.323. The summed E-state index contributed by atoms with van der Waals surface area (Å²) in [5, 5.41) is 2.38. The van der Waals surface area contributed by atoms with E-state index in [2.05, 4.69) is 10.2 Å². The Kier molecular flexibility index (Phi) is 3.94. The molecule has 1 amide bonds. The predicted molar refractivity (Wildman–Crippen MR) is 72.1 cm³/mol. The third-order valence-corrected chi connectivity index (χ3v) is 2.73. The van der Waals surface area contributed by atoms with Crippen LogP contribution in [0.1, 0.15) is 15.9 Å². The molecular weight excluding hydrogens is 281 g/mol. The zero-order chi connectivity index (χ0) is 15.5. The van der Waals surface area contributed by atoms with Crippen molar-refractivity contribution in [3.05, 3.63) is 71.1 Å². The summed E-state index contributed by atoms with van der Waals surface area (Å²) < 4.78 is 38.5. The number of carbonyl (C=O) groups excluding carboxylic acids is 1. The lowest BCUT2D eigenvalue weighted by Gasteiger charge is -2.12. The van der Waals surface area contributed by atoms with Crippen molar-refractivity contribution >= 4 is 17.3 Å². The molecule has 0 aliphatic carbocycles. The Morgan fingerprint density at radius 2 is 1.67 bits per heavy atom. The standard InChI is InChI=1S/C15H9F3N2O/c1-19-10-6-8-11(9-7-10)20-14(21)12-4-2-3-5-13(12)15(16,17)18/h2-9H,(H,20,21). The van der Waals surface area contributed by atoms with Crippen molar-refractivity contribution in [1.82, 2.24) is 0 Å². The van der Waals surface area contributed by atoms with E-state index in [4.69, 9.17) is 6.57 Å². The van der Waals surface area contributed by atoms with Crippen molar-refractivity contribution in [2.24, 2.45) is 0 Å². The highest BCUT2D eigenvalue weighted by Crippen LogP contribution is 2.32. The van der Waals surface area contributed by atoms with Crippen LogP contribution in [0.4, 0.5) is 24.5 Å². The van der Waals surface area contributed by atoms with Gasteiger partial charge in [0.2, 0.25) is 0 Å². The van der Waals surface area contributed by atoms with Gasteiger partial charge in [-0.15, -0.1) is 0 Å². The molecule has 106 valence electrons. The Balaban J connectivity index is 2.27. The topological polar surface area (TPSA) is 33.5 Å². The highest BCUT2D eigenvalue weighted by atomic mass is 19.4. The number of hydrogen-bond donors (Lipinski definition) is 1. The Morgan fingerprint density at radius 3 is 2.24 bits per heavy atom. The Morgan fingerprint density at radius 1 is 1.05 bits per heavy atom. The second-order valence-corrected chi connectivity index (χ2v) is 4.16. The molecule has 0 unspecified atom stereocenters. The average molecular weight is 290 g/mol. The number of carbonyl (C=O) groups is 1. The summed E-state index contributed by atoms with van der Waals surface area (Å²) in [4.78, 5) is 15.1. The lowest BCUT2D eigenvalue weighted by molar-refractivity contribution is -0.137. The van der Waals surface area contributed by atoms with Crippen LogP contribution in [-0.2, 0) is 6.18 Å². The Hall–Kier alpha value is -2.81. The molecule has 1 N–H and O–H groups in total. The Bertz CT molecular complexity index is 700. The van der Waals surface area contributed by atoms with Crippen LogP contribution in [0.2, 0.25) is 0 Å². The zero-order valence-corrected chi connectivity index (χ0v) is 10.6. The second kappa shape index (κ2) is 5.67. The number of benzene rings is 2. The maximum absolute atomic E-state index is 12.8. The van der Waals surface area contributed by atoms with Crippen molar-refractivity contribution in [2.75, 3.05) is 5.32 Å². The molecule has 2 aromatic rings. The van der Waals surface area contributed by atoms with Crippen LogP contribution >= 0.6 is 0 Å². The van der Waals surface area contributed by atoms with E-state index < -0.39 is 23.2 Å². The van der Waals surface area contributed by atoms with Gasteiger partial charge in [-0.3, -0.25) is 4.79 Å². The minimum atomic E-state index is -4.60. The molecule has 0 aromatic heterocycles. The maximum Gasteiger partial charge on any atom is 0.417 e. The summed E-state index contributed by atoms with van der Waals surface area (Å²) in [6.07, 6.45) is -4.60. The average Bonchev–Trinajstić information content (AvgIpc) is 2.47. The van der Waals surface area contributed by atoms with E-state index >= 15 is 0 Å². The summed E-state index contributed by atoms with van der Waals surface area (Å²) in [7, 11) is 0. The van der Waals surface area contributed by atoms with E-state index in [1.807, 2.05) is 0 Å². The van der Waals surface area contributed by atoms with E-state index in [0.29, 0.717) is 11.4 Å². The first-order valence-corrected chi connectivity index (χ1v) is 5.87. The van der Waals surface area contributed by atoms with Crippen molar-refractivity contribution < 1.29 is 18.0 Å². The molecule has 0 aliphatic heterocycles. The highest BCUT2D eigenvalue weighted by molar-refractivity contribution is 6.05. The summed E-state index contributed by atoms with van der Waals surface area (Å²) in [6.45, 7) is 6.80. The molecule has 0 saturated heterocycles. The molecule has 6 heteroatoms. The van der Waals surface area contributed by atoms with Crippen molar-refractivity contribution in [3.8, 4) is 0 Å². The SMILES string of the molecule is [C-]#[N+]c1ccc(NC(=O)c2ccccc2C(F)(F)F)cc1. The number of rotatable bonds is 2. The smallest absolute Gasteiger partial charge is 0.322 e. The van der Waals surface area contributed by atoms with Crippen LogP contribution in [0.5, 0.6) is 0 Å². The third kappa shape index (κ3) is 3.39. The summed E-state index contributed by atoms with van der Waals surface area (Å²) in [5.41, 5.74) is -0.729. The summed E-state index contributed by atoms with van der Waals surface area (Å²) in [6, 6.07) is 10.4. The first kappa shape index (κ1) is 14.6. The second-order valence-electron chi connectivity index (χ2n) is 4.16. The molecule has 0 atom stereocenters. The lowest BCUT2D eigenvalue weighted by Crippen LogP contribution is -2.18. The molecular formula is C15H9F3N2O. The van der Waals surface area contributed by atoms with E-state index in [1.165, 1.54) is 36.4 Å². The number of hydrogen-bond acceptors (Lipinski definition) is 1. The van der Waals surface area contributed by atoms with Gasteiger partial charge in [-0.2, -0.15) is 13.2 Å². The molecule has 0 heterocycles. The normalized spacial score (nSPS) is 10.8. The summed E-state index contributed by atoms with van der Waals surface area (Å²) >= 11 is 0. The molecule has 2 aromatic carbocycles. The number of nitrogens with zero attached hydrogens (tertiary/aromatic N) is 1. The van der Waals surface area contributed by atoms with Crippen LogP contribution in [0.3, 0.4) is 0 Å². The van der Waals surface area contributed by atoms with Crippen LogP contribution < -0.4 is 5.32 Å². The molecule has 0 saturated carbocycles. The number of anilines is 1.